The van der Waals surface area contributed by atoms with Crippen molar-refractivity contribution >= 4 is 16.7 Å². The van der Waals surface area contributed by atoms with Crippen LogP contribution in [-0.2, 0) is 0 Å². The van der Waals surface area contributed by atoms with Crippen LogP contribution in [0.1, 0.15) is 10.4 Å². The summed E-state index contributed by atoms with van der Waals surface area (Å²) in [4.78, 5) is 16.0. The first kappa shape index (κ1) is 9.80. The molecule has 0 aliphatic rings. The number of carbonyl (C=O) groups is 1. The van der Waals surface area contributed by atoms with Gasteiger partial charge in [-0.1, -0.05) is 18.2 Å². The van der Waals surface area contributed by atoms with Crippen LogP contribution < -0.4 is 5.32 Å². The molecule has 3 nitrogen and oxygen atoms in total. The Bertz CT molecular complexity index is 488. The van der Waals surface area contributed by atoms with Crippen LogP contribution >= 0.6 is 0 Å². The highest BCUT2D eigenvalue weighted by atomic mass is 16.1. The number of nitrogens with one attached hydrogen (secondary N) is 1. The number of benzene rings is 1. The Morgan fingerprint density at radius 3 is 2.93 bits per heavy atom. The van der Waals surface area contributed by atoms with Crippen molar-refractivity contribution in [1.82, 2.24) is 10.3 Å². The smallest absolute Gasteiger partial charge is 0.177 e. The summed E-state index contributed by atoms with van der Waals surface area (Å²) >= 11 is 0. The van der Waals surface area contributed by atoms with Gasteiger partial charge in [-0.3, -0.25) is 9.78 Å². The molecule has 76 valence electrons. The zero-order chi connectivity index (χ0) is 10.7. The number of para-hydroxylation sites is 1. The minimum Gasteiger partial charge on any atom is -0.313 e. The molecule has 0 saturated carbocycles. The van der Waals surface area contributed by atoms with Crippen LogP contribution in [0.25, 0.3) is 10.9 Å². The van der Waals surface area contributed by atoms with E-state index >= 15 is 0 Å². The average molecular weight is 200 g/mol. The molecule has 1 aromatic heterocycles. The van der Waals surface area contributed by atoms with Crippen molar-refractivity contribution in [2.45, 2.75) is 0 Å². The Morgan fingerprint density at radius 2 is 2.13 bits per heavy atom. The van der Waals surface area contributed by atoms with Gasteiger partial charge in [0.25, 0.3) is 0 Å². The van der Waals surface area contributed by atoms with Crippen LogP contribution in [0, 0.1) is 0 Å². The number of pyridine rings is 1. The maximum atomic E-state index is 11.8. The van der Waals surface area contributed by atoms with Crippen molar-refractivity contribution in [2.75, 3.05) is 13.6 Å². The van der Waals surface area contributed by atoms with Gasteiger partial charge in [0.1, 0.15) is 0 Å². The third-order valence-electron chi connectivity index (χ3n) is 2.29. The molecular formula is C12H12N2O. The average Bonchev–Trinajstić information content (AvgIpc) is 2.28. The molecule has 0 atom stereocenters. The molecule has 0 aliphatic carbocycles. The fourth-order valence-electron chi connectivity index (χ4n) is 1.59. The zero-order valence-corrected chi connectivity index (χ0v) is 8.53. The highest BCUT2D eigenvalue weighted by Gasteiger charge is 2.08. The summed E-state index contributed by atoms with van der Waals surface area (Å²) in [5, 5.41) is 3.78. The molecule has 15 heavy (non-hydrogen) atoms. The minimum absolute atomic E-state index is 0.0936. The van der Waals surface area contributed by atoms with E-state index in [0.29, 0.717) is 6.54 Å². The van der Waals surface area contributed by atoms with Crippen LogP contribution in [0.4, 0.5) is 0 Å². The maximum absolute atomic E-state index is 11.8. The molecule has 1 heterocycles. The molecule has 0 aliphatic heterocycles. The Morgan fingerprint density at radius 1 is 1.33 bits per heavy atom. The molecule has 1 aromatic carbocycles. The van der Waals surface area contributed by atoms with Crippen molar-refractivity contribution in [3.05, 3.63) is 42.1 Å². The standard InChI is InChI=1S/C12H12N2O/c1-13-8-12(15)10-6-7-14-11-5-3-2-4-9(10)11/h2-7,13H,8H2,1H3. The van der Waals surface area contributed by atoms with Crippen LogP contribution in [0.5, 0.6) is 0 Å². The highest BCUT2D eigenvalue weighted by Crippen LogP contribution is 2.16. The van der Waals surface area contributed by atoms with Crippen molar-refractivity contribution < 1.29 is 4.79 Å². The maximum Gasteiger partial charge on any atom is 0.177 e. The zero-order valence-electron chi connectivity index (χ0n) is 8.53. The number of likely N-dealkylation sites (N-methyl/N-ethyl adjacent to an activating group) is 1. The number of Topliss-reactive ketones (excluding diaryl/α,β-unsaturated/α-hetero) is 1. The molecular weight excluding hydrogens is 188 g/mol. The lowest BCUT2D eigenvalue weighted by Gasteiger charge is -2.04. The van der Waals surface area contributed by atoms with Gasteiger partial charge in [0, 0.05) is 17.1 Å². The minimum atomic E-state index is 0.0936. The predicted molar refractivity (Wildman–Crippen MR) is 60.0 cm³/mol. The lowest BCUT2D eigenvalue weighted by Crippen LogP contribution is -2.18. The van der Waals surface area contributed by atoms with Crippen LogP contribution in [0.3, 0.4) is 0 Å². The number of ketones is 1. The van der Waals surface area contributed by atoms with Gasteiger partial charge in [-0.05, 0) is 19.2 Å². The number of carbonyl (C=O) groups excluding carboxylic acids is 1. The molecule has 2 aromatic rings. The summed E-state index contributed by atoms with van der Waals surface area (Å²) in [5.74, 6) is 0.0936. The first-order valence-corrected chi connectivity index (χ1v) is 4.84. The van der Waals surface area contributed by atoms with Gasteiger partial charge in [-0.25, -0.2) is 0 Å². The van der Waals surface area contributed by atoms with Gasteiger partial charge < -0.3 is 5.32 Å². The molecule has 1 N–H and O–H groups in total. The second-order valence-electron chi connectivity index (χ2n) is 3.33. The fraction of sp³-hybridized carbons (Fsp3) is 0.167. The summed E-state index contributed by atoms with van der Waals surface area (Å²) in [6.45, 7) is 0.355. The number of fused-ring (bicyclic) bond motifs is 1. The van der Waals surface area contributed by atoms with Crippen LogP contribution in [0.2, 0.25) is 0 Å². The van der Waals surface area contributed by atoms with E-state index in [4.69, 9.17) is 0 Å². The van der Waals surface area contributed by atoms with E-state index in [2.05, 4.69) is 10.3 Å². The van der Waals surface area contributed by atoms with E-state index in [1.54, 1.807) is 19.3 Å². The van der Waals surface area contributed by atoms with E-state index in [0.717, 1.165) is 16.5 Å². The molecule has 2 rings (SSSR count). The summed E-state index contributed by atoms with van der Waals surface area (Å²) in [6, 6.07) is 9.43. The first-order valence-electron chi connectivity index (χ1n) is 4.84. The lowest BCUT2D eigenvalue weighted by atomic mass is 10.1. The monoisotopic (exact) mass is 200 g/mol. The number of nitrogens with zero attached hydrogens (tertiary/aromatic N) is 1. The number of hydrogen-bond donors (Lipinski definition) is 1. The lowest BCUT2D eigenvalue weighted by molar-refractivity contribution is 0.0995. The fourth-order valence-corrected chi connectivity index (χ4v) is 1.59. The number of rotatable bonds is 3. The van der Waals surface area contributed by atoms with Crippen molar-refractivity contribution in [1.29, 1.82) is 0 Å². The topological polar surface area (TPSA) is 42.0 Å². The van der Waals surface area contributed by atoms with Gasteiger partial charge in [0.15, 0.2) is 5.78 Å². The van der Waals surface area contributed by atoms with Crippen LogP contribution in [0.15, 0.2) is 36.5 Å². The van der Waals surface area contributed by atoms with Gasteiger partial charge in [-0.15, -0.1) is 0 Å². The molecule has 0 saturated heterocycles. The predicted octanol–water partition coefficient (Wildman–Crippen LogP) is 1.64. The Balaban J connectivity index is 2.56. The van der Waals surface area contributed by atoms with Gasteiger partial charge in [0.2, 0.25) is 0 Å². The molecule has 0 spiro atoms. The van der Waals surface area contributed by atoms with Gasteiger partial charge >= 0.3 is 0 Å². The van der Waals surface area contributed by atoms with E-state index < -0.39 is 0 Å². The molecule has 3 heteroatoms. The number of hydrogen-bond acceptors (Lipinski definition) is 3. The third kappa shape index (κ3) is 1.87. The summed E-state index contributed by atoms with van der Waals surface area (Å²) < 4.78 is 0. The second-order valence-corrected chi connectivity index (χ2v) is 3.33. The third-order valence-corrected chi connectivity index (χ3v) is 2.29. The van der Waals surface area contributed by atoms with Gasteiger partial charge in [0.05, 0.1) is 12.1 Å². The highest BCUT2D eigenvalue weighted by molar-refractivity contribution is 6.08. The molecule has 0 unspecified atom stereocenters. The summed E-state index contributed by atoms with van der Waals surface area (Å²) in [7, 11) is 1.77. The normalized spacial score (nSPS) is 10.5. The molecule has 0 bridgehead atoms. The molecule has 0 radical (unpaired) electrons. The Kier molecular flexibility index (Phi) is 2.74. The van der Waals surface area contributed by atoms with E-state index in [9.17, 15) is 4.79 Å². The van der Waals surface area contributed by atoms with Gasteiger partial charge in [-0.2, -0.15) is 0 Å². The summed E-state index contributed by atoms with van der Waals surface area (Å²) in [5.41, 5.74) is 1.59. The first-order chi connectivity index (χ1) is 7.33. The Labute approximate surface area is 88.1 Å². The van der Waals surface area contributed by atoms with E-state index in [1.807, 2.05) is 24.3 Å². The quantitative estimate of drug-likeness (QED) is 0.766. The SMILES string of the molecule is CNCC(=O)c1ccnc2ccccc12. The van der Waals surface area contributed by atoms with Crippen molar-refractivity contribution in [3.8, 4) is 0 Å². The van der Waals surface area contributed by atoms with Crippen molar-refractivity contribution in [2.24, 2.45) is 0 Å². The Hall–Kier alpha value is -1.74. The molecule has 0 fully saturated rings. The van der Waals surface area contributed by atoms with Crippen LogP contribution in [-0.4, -0.2) is 24.4 Å². The largest absolute Gasteiger partial charge is 0.313 e. The number of aromatic nitrogens is 1. The van der Waals surface area contributed by atoms with E-state index in [-0.39, 0.29) is 5.78 Å². The second kappa shape index (κ2) is 4.19. The van der Waals surface area contributed by atoms with Crippen molar-refractivity contribution in [3.63, 3.8) is 0 Å². The molecule has 0 amide bonds. The summed E-state index contributed by atoms with van der Waals surface area (Å²) in [6.07, 6.45) is 1.67. The van der Waals surface area contributed by atoms with E-state index in [1.165, 1.54) is 0 Å².